The Hall–Kier alpha value is -3.38. The first kappa shape index (κ1) is 20.9. The molecule has 0 fully saturated rings. The summed E-state index contributed by atoms with van der Waals surface area (Å²) in [5.74, 6) is 1.57. The third kappa shape index (κ3) is 5.61. The van der Waals surface area contributed by atoms with E-state index in [9.17, 15) is 4.79 Å². The molecule has 0 aliphatic heterocycles. The van der Waals surface area contributed by atoms with Gasteiger partial charge in [-0.1, -0.05) is 58.7 Å². The molecule has 0 saturated carbocycles. The van der Waals surface area contributed by atoms with Crippen molar-refractivity contribution < 1.29 is 9.32 Å². The van der Waals surface area contributed by atoms with Crippen molar-refractivity contribution in [3.8, 4) is 11.4 Å². The van der Waals surface area contributed by atoms with Crippen molar-refractivity contribution in [2.75, 3.05) is 0 Å². The molecule has 1 aromatic heterocycles. The van der Waals surface area contributed by atoms with E-state index in [0.717, 1.165) is 16.9 Å². The lowest BCUT2D eigenvalue weighted by Crippen LogP contribution is -2.22. The Balaban J connectivity index is 1.30. The summed E-state index contributed by atoms with van der Waals surface area (Å²) < 4.78 is 5.27. The lowest BCUT2D eigenvalue weighted by molar-refractivity contribution is 0.0946. The highest BCUT2D eigenvalue weighted by atomic mass is 32.2. The van der Waals surface area contributed by atoms with Crippen LogP contribution in [0.5, 0.6) is 0 Å². The molecule has 0 unspecified atom stereocenters. The van der Waals surface area contributed by atoms with Gasteiger partial charge in [-0.25, -0.2) is 0 Å². The van der Waals surface area contributed by atoms with Gasteiger partial charge in [-0.3, -0.25) is 4.79 Å². The Morgan fingerprint density at radius 1 is 0.968 bits per heavy atom. The predicted molar refractivity (Wildman–Crippen MR) is 123 cm³/mol. The summed E-state index contributed by atoms with van der Waals surface area (Å²) in [5, 5.41) is 6.83. The van der Waals surface area contributed by atoms with Crippen LogP contribution >= 0.6 is 11.8 Å². The Bertz CT molecular complexity index is 1170. The fraction of sp³-hybridized carbons (Fsp3) is 0.160. The largest absolute Gasteiger partial charge is 0.343 e. The molecule has 4 aromatic rings. The minimum atomic E-state index is -0.173. The van der Waals surface area contributed by atoms with Crippen LogP contribution in [-0.2, 0) is 12.3 Å². The molecular weight excluding hydrogens is 406 g/mol. The number of hydrogen-bond donors (Lipinski definition) is 1. The average Bonchev–Trinajstić information content (AvgIpc) is 3.27. The average molecular weight is 430 g/mol. The summed E-state index contributed by atoms with van der Waals surface area (Å²) in [5.41, 5.74) is 5.04. The van der Waals surface area contributed by atoms with Crippen LogP contribution in [0, 0.1) is 13.8 Å². The minimum absolute atomic E-state index is 0.173. The lowest BCUT2D eigenvalue weighted by Gasteiger charge is -2.05. The molecular formula is C25H23N3O2S. The fourth-order valence-electron chi connectivity index (χ4n) is 3.04. The van der Waals surface area contributed by atoms with Gasteiger partial charge in [-0.05, 0) is 49.7 Å². The molecule has 0 radical (unpaired) electrons. The van der Waals surface area contributed by atoms with E-state index >= 15 is 0 Å². The van der Waals surface area contributed by atoms with Gasteiger partial charge >= 0.3 is 0 Å². The first-order chi connectivity index (χ1) is 15.1. The van der Waals surface area contributed by atoms with Gasteiger partial charge in [0.1, 0.15) is 0 Å². The maximum absolute atomic E-state index is 12.5. The maximum Gasteiger partial charge on any atom is 0.251 e. The highest BCUT2D eigenvalue weighted by Gasteiger charge is 2.11. The van der Waals surface area contributed by atoms with Crippen LogP contribution in [0.2, 0.25) is 0 Å². The van der Waals surface area contributed by atoms with Crippen molar-refractivity contribution in [1.29, 1.82) is 0 Å². The Morgan fingerprint density at radius 2 is 1.74 bits per heavy atom. The number of thioether (sulfide) groups is 1. The van der Waals surface area contributed by atoms with Crippen LogP contribution < -0.4 is 5.32 Å². The number of hydrogen-bond acceptors (Lipinski definition) is 5. The number of carbonyl (C=O) groups excluding carboxylic acids is 1. The third-order valence-electron chi connectivity index (χ3n) is 4.79. The van der Waals surface area contributed by atoms with Crippen LogP contribution in [0.1, 0.15) is 32.9 Å². The molecule has 3 aromatic carbocycles. The van der Waals surface area contributed by atoms with E-state index in [1.165, 1.54) is 16.0 Å². The van der Waals surface area contributed by atoms with Crippen LogP contribution in [0.3, 0.4) is 0 Å². The van der Waals surface area contributed by atoms with Gasteiger partial charge in [-0.2, -0.15) is 4.98 Å². The normalized spacial score (nSPS) is 10.8. The Labute approximate surface area is 185 Å². The Morgan fingerprint density at radius 3 is 2.48 bits per heavy atom. The first-order valence-corrected chi connectivity index (χ1v) is 11.0. The number of aromatic nitrogens is 2. The maximum atomic E-state index is 12.5. The molecule has 0 bridgehead atoms. The van der Waals surface area contributed by atoms with E-state index in [1.54, 1.807) is 11.8 Å². The number of nitrogens with zero attached hydrogens (tertiary/aromatic N) is 2. The highest BCUT2D eigenvalue weighted by molar-refractivity contribution is 7.98. The molecule has 5 nitrogen and oxygen atoms in total. The molecule has 0 atom stereocenters. The standard InChI is InChI=1S/C25H23N3O2S/c1-17-6-12-22(13-7-17)31-16-19-8-10-20(11-9-19)25(29)26-15-23-27-24(28-30-23)21-5-3-4-18(2)14-21/h3-14H,15-16H2,1-2H3,(H,26,29). The van der Waals surface area contributed by atoms with Crippen LogP contribution in [0.4, 0.5) is 0 Å². The molecule has 156 valence electrons. The summed E-state index contributed by atoms with van der Waals surface area (Å²) >= 11 is 1.78. The van der Waals surface area contributed by atoms with Crippen molar-refractivity contribution in [3.63, 3.8) is 0 Å². The van der Waals surface area contributed by atoms with E-state index < -0.39 is 0 Å². The van der Waals surface area contributed by atoms with Gasteiger partial charge < -0.3 is 9.84 Å². The van der Waals surface area contributed by atoms with E-state index in [-0.39, 0.29) is 12.5 Å². The van der Waals surface area contributed by atoms with Crippen LogP contribution in [0.15, 0.2) is 82.2 Å². The van der Waals surface area contributed by atoms with E-state index in [0.29, 0.717) is 17.3 Å². The van der Waals surface area contributed by atoms with Gasteiger partial charge in [0.15, 0.2) is 0 Å². The first-order valence-electron chi connectivity index (χ1n) is 10.0. The lowest BCUT2D eigenvalue weighted by atomic mass is 10.1. The second-order valence-electron chi connectivity index (χ2n) is 7.36. The van der Waals surface area contributed by atoms with Crippen molar-refractivity contribution in [3.05, 3.63) is 101 Å². The molecule has 1 amide bonds. The monoisotopic (exact) mass is 429 g/mol. The van der Waals surface area contributed by atoms with E-state index in [4.69, 9.17) is 4.52 Å². The van der Waals surface area contributed by atoms with Gasteiger partial charge in [0.05, 0.1) is 6.54 Å². The van der Waals surface area contributed by atoms with Gasteiger partial charge in [0.2, 0.25) is 11.7 Å². The number of benzene rings is 3. The summed E-state index contributed by atoms with van der Waals surface area (Å²) in [7, 11) is 0. The van der Waals surface area contributed by atoms with E-state index in [2.05, 4.69) is 46.6 Å². The number of amides is 1. The van der Waals surface area contributed by atoms with Crippen molar-refractivity contribution in [2.24, 2.45) is 0 Å². The van der Waals surface area contributed by atoms with Crippen molar-refractivity contribution >= 4 is 17.7 Å². The zero-order chi connectivity index (χ0) is 21.6. The minimum Gasteiger partial charge on any atom is -0.343 e. The summed E-state index contributed by atoms with van der Waals surface area (Å²) in [6, 6.07) is 24.0. The highest BCUT2D eigenvalue weighted by Crippen LogP contribution is 2.23. The fourth-order valence-corrected chi connectivity index (χ4v) is 3.89. The molecule has 6 heteroatoms. The zero-order valence-corrected chi connectivity index (χ0v) is 18.3. The number of rotatable bonds is 7. The number of nitrogens with one attached hydrogen (secondary N) is 1. The van der Waals surface area contributed by atoms with Gasteiger partial charge in [0.25, 0.3) is 5.91 Å². The van der Waals surface area contributed by atoms with Crippen LogP contribution in [0.25, 0.3) is 11.4 Å². The van der Waals surface area contributed by atoms with Crippen molar-refractivity contribution in [2.45, 2.75) is 31.0 Å². The summed E-state index contributed by atoms with van der Waals surface area (Å²) in [4.78, 5) is 18.1. The summed E-state index contributed by atoms with van der Waals surface area (Å²) in [6.07, 6.45) is 0. The second kappa shape index (κ2) is 9.62. The van der Waals surface area contributed by atoms with E-state index in [1.807, 2.05) is 55.5 Å². The number of aryl methyl sites for hydroxylation is 2. The molecule has 1 heterocycles. The molecule has 4 rings (SSSR count). The third-order valence-corrected chi connectivity index (χ3v) is 5.87. The Kier molecular flexibility index (Phi) is 6.48. The zero-order valence-electron chi connectivity index (χ0n) is 17.5. The summed E-state index contributed by atoms with van der Waals surface area (Å²) in [6.45, 7) is 4.28. The molecule has 31 heavy (non-hydrogen) atoms. The van der Waals surface area contributed by atoms with Gasteiger partial charge in [-0.15, -0.1) is 11.8 Å². The topological polar surface area (TPSA) is 68.0 Å². The van der Waals surface area contributed by atoms with Crippen LogP contribution in [-0.4, -0.2) is 16.0 Å². The molecule has 0 spiro atoms. The molecule has 0 aliphatic rings. The molecule has 1 N–H and O–H groups in total. The molecule has 0 aliphatic carbocycles. The van der Waals surface area contributed by atoms with Crippen molar-refractivity contribution in [1.82, 2.24) is 15.5 Å². The van der Waals surface area contributed by atoms with Gasteiger partial charge in [0, 0.05) is 21.8 Å². The quantitative estimate of drug-likeness (QED) is 0.389. The predicted octanol–water partition coefficient (Wildman–Crippen LogP) is 5.58. The second-order valence-corrected chi connectivity index (χ2v) is 8.41. The smallest absolute Gasteiger partial charge is 0.251 e. The molecule has 0 saturated heterocycles. The SMILES string of the molecule is Cc1ccc(SCc2ccc(C(=O)NCc3nc(-c4cccc(C)c4)no3)cc2)cc1. The number of carbonyl (C=O) groups is 1.